The van der Waals surface area contributed by atoms with Gasteiger partial charge in [-0.3, -0.25) is 4.79 Å². The number of hydrogen-bond donors (Lipinski definition) is 0. The van der Waals surface area contributed by atoms with Crippen LogP contribution in [-0.4, -0.2) is 20.4 Å². The molecule has 0 aliphatic carbocycles. The molecule has 0 N–H and O–H groups in total. The molecule has 3 heterocycles. The quantitative estimate of drug-likeness (QED) is 0.198. The summed E-state index contributed by atoms with van der Waals surface area (Å²) in [6, 6.07) is 22.7. The van der Waals surface area contributed by atoms with Crippen LogP contribution in [0.15, 0.2) is 91.6 Å². The lowest BCUT2D eigenvalue weighted by atomic mass is 10.2. The van der Waals surface area contributed by atoms with Gasteiger partial charge in [0.25, 0.3) is 5.56 Å². The molecule has 6 nitrogen and oxygen atoms in total. The summed E-state index contributed by atoms with van der Waals surface area (Å²) < 4.78 is 10.5. The van der Waals surface area contributed by atoms with Gasteiger partial charge in [-0.15, -0.1) is 0 Å². The van der Waals surface area contributed by atoms with Crippen molar-refractivity contribution in [3.63, 3.8) is 0 Å². The number of benzene rings is 3. The molecule has 0 bridgehead atoms. The lowest BCUT2D eigenvalue weighted by molar-refractivity contribution is 0.616. The van der Waals surface area contributed by atoms with Crippen molar-refractivity contribution in [1.29, 1.82) is 0 Å². The van der Waals surface area contributed by atoms with E-state index in [0.29, 0.717) is 33.1 Å². The minimum atomic E-state index is -0.275. The van der Waals surface area contributed by atoms with E-state index < -0.39 is 0 Å². The molecule has 0 amide bonds. The Bertz CT molecular complexity index is 1970. The van der Waals surface area contributed by atoms with Crippen molar-refractivity contribution >= 4 is 55.6 Å². The number of halogens is 2. The zero-order valence-electron chi connectivity index (χ0n) is 20.9. The average Bonchev–Trinajstić information content (AvgIpc) is 3.44. The summed E-state index contributed by atoms with van der Waals surface area (Å²) in [7, 11) is 0. The van der Waals surface area contributed by atoms with Crippen LogP contribution in [0.3, 0.4) is 0 Å². The van der Waals surface area contributed by atoms with E-state index in [9.17, 15) is 4.79 Å². The second kappa shape index (κ2) is 9.42. The fraction of sp³-hybridized carbons (Fsp3) is 0.100. The molecule has 0 unspecified atom stereocenters. The lowest BCUT2D eigenvalue weighted by Crippen LogP contribution is -2.20. The Hall–Kier alpha value is -3.94. The van der Waals surface area contributed by atoms with Crippen LogP contribution in [0, 0.1) is 20.8 Å². The van der Waals surface area contributed by atoms with Crippen LogP contribution in [0.25, 0.3) is 39.1 Å². The summed E-state index contributed by atoms with van der Waals surface area (Å²) in [5.41, 5.74) is 6.00. The summed E-state index contributed by atoms with van der Waals surface area (Å²) in [5, 5.41) is 6.69. The van der Waals surface area contributed by atoms with Crippen molar-refractivity contribution in [2.24, 2.45) is 5.10 Å². The number of para-hydroxylation sites is 1. The summed E-state index contributed by atoms with van der Waals surface area (Å²) >= 11 is 9.80. The molecule has 0 radical (unpaired) electrons. The van der Waals surface area contributed by atoms with Crippen LogP contribution in [0.4, 0.5) is 0 Å². The Morgan fingerprint density at radius 1 is 1.00 bits per heavy atom. The zero-order valence-corrected chi connectivity index (χ0v) is 23.2. The minimum Gasteiger partial charge on any atom is -0.453 e. The third-order valence-corrected chi connectivity index (χ3v) is 7.38. The van der Waals surface area contributed by atoms with Crippen molar-refractivity contribution in [2.45, 2.75) is 20.8 Å². The van der Waals surface area contributed by atoms with E-state index >= 15 is 0 Å². The number of furan rings is 1. The van der Waals surface area contributed by atoms with Gasteiger partial charge < -0.3 is 8.98 Å². The molecular weight excluding hydrogens is 564 g/mol. The Labute approximate surface area is 231 Å². The van der Waals surface area contributed by atoms with Gasteiger partial charge in [-0.25, -0.2) is 4.98 Å². The van der Waals surface area contributed by atoms with E-state index in [1.54, 1.807) is 12.3 Å². The summed E-state index contributed by atoms with van der Waals surface area (Å²) in [6.45, 7) is 6.11. The summed E-state index contributed by atoms with van der Waals surface area (Å²) in [5.74, 6) is 0.787. The van der Waals surface area contributed by atoms with Gasteiger partial charge in [-0.2, -0.15) is 9.78 Å². The second-order valence-corrected chi connectivity index (χ2v) is 10.6. The first kappa shape index (κ1) is 24.4. The molecular formula is C30H22BrClN4O2. The molecule has 0 fully saturated rings. The fourth-order valence-corrected chi connectivity index (χ4v) is 5.29. The lowest BCUT2D eigenvalue weighted by Gasteiger charge is -2.13. The van der Waals surface area contributed by atoms with Crippen LogP contribution >= 0.6 is 27.5 Å². The van der Waals surface area contributed by atoms with E-state index in [4.69, 9.17) is 21.0 Å². The van der Waals surface area contributed by atoms with E-state index in [-0.39, 0.29) is 5.56 Å². The van der Waals surface area contributed by atoms with Gasteiger partial charge in [0.05, 0.1) is 17.1 Å². The molecule has 6 rings (SSSR count). The highest BCUT2D eigenvalue weighted by atomic mass is 79.9. The van der Waals surface area contributed by atoms with Gasteiger partial charge in [0.2, 0.25) is 5.82 Å². The van der Waals surface area contributed by atoms with Gasteiger partial charge in [0, 0.05) is 37.5 Å². The highest BCUT2D eigenvalue weighted by Crippen LogP contribution is 2.30. The monoisotopic (exact) mass is 584 g/mol. The van der Waals surface area contributed by atoms with Crippen LogP contribution in [0.1, 0.15) is 22.5 Å². The topological polar surface area (TPSA) is 65.3 Å². The Morgan fingerprint density at radius 2 is 1.82 bits per heavy atom. The number of hydrogen-bond acceptors (Lipinski definition) is 4. The summed E-state index contributed by atoms with van der Waals surface area (Å²) in [4.78, 5) is 18.4. The maximum Gasteiger partial charge on any atom is 0.282 e. The Kier molecular flexibility index (Phi) is 6.05. The number of aromatic nitrogens is 3. The van der Waals surface area contributed by atoms with Crippen molar-refractivity contribution < 1.29 is 4.42 Å². The van der Waals surface area contributed by atoms with Gasteiger partial charge in [-0.05, 0) is 80.9 Å². The van der Waals surface area contributed by atoms with Crippen molar-refractivity contribution in [3.05, 3.63) is 115 Å². The second-order valence-electron chi connectivity index (χ2n) is 9.20. The molecule has 0 spiro atoms. The van der Waals surface area contributed by atoms with Crippen molar-refractivity contribution in [2.75, 3.05) is 0 Å². The normalized spacial score (nSPS) is 11.8. The smallest absolute Gasteiger partial charge is 0.282 e. The largest absolute Gasteiger partial charge is 0.453 e. The van der Waals surface area contributed by atoms with Crippen LogP contribution < -0.4 is 5.56 Å². The maximum absolute atomic E-state index is 13.6. The van der Waals surface area contributed by atoms with Crippen LogP contribution in [-0.2, 0) is 0 Å². The molecule has 6 aromatic rings. The van der Waals surface area contributed by atoms with Crippen molar-refractivity contribution in [1.82, 2.24) is 14.2 Å². The molecule has 8 heteroatoms. The van der Waals surface area contributed by atoms with Gasteiger partial charge >= 0.3 is 0 Å². The summed E-state index contributed by atoms with van der Waals surface area (Å²) in [6.07, 6.45) is 1.69. The molecule has 38 heavy (non-hydrogen) atoms. The molecule has 0 saturated carbocycles. The first-order valence-electron chi connectivity index (χ1n) is 12.0. The highest BCUT2D eigenvalue weighted by molar-refractivity contribution is 9.10. The highest BCUT2D eigenvalue weighted by Gasteiger charge is 2.17. The third-order valence-electron chi connectivity index (χ3n) is 6.65. The van der Waals surface area contributed by atoms with Crippen LogP contribution in [0.2, 0.25) is 5.02 Å². The molecule has 3 aromatic heterocycles. The predicted molar refractivity (Wildman–Crippen MR) is 157 cm³/mol. The molecule has 3 aromatic carbocycles. The van der Waals surface area contributed by atoms with E-state index in [1.165, 1.54) is 4.68 Å². The first-order chi connectivity index (χ1) is 18.3. The average molecular weight is 586 g/mol. The number of fused-ring (bicyclic) bond motifs is 2. The zero-order chi connectivity index (χ0) is 26.6. The van der Waals surface area contributed by atoms with E-state index in [1.807, 2.05) is 80.6 Å². The number of aryl methyl sites for hydroxylation is 2. The molecule has 0 aliphatic heterocycles. The van der Waals surface area contributed by atoms with E-state index in [2.05, 4.69) is 32.5 Å². The first-order valence-corrected chi connectivity index (χ1v) is 13.2. The molecule has 0 aliphatic rings. The van der Waals surface area contributed by atoms with Gasteiger partial charge in [0.15, 0.2) is 5.76 Å². The predicted octanol–water partition coefficient (Wildman–Crippen LogP) is 7.82. The van der Waals surface area contributed by atoms with E-state index in [0.717, 1.165) is 38.1 Å². The van der Waals surface area contributed by atoms with Gasteiger partial charge in [0.1, 0.15) is 5.58 Å². The Morgan fingerprint density at radius 3 is 2.66 bits per heavy atom. The molecule has 0 atom stereocenters. The SMILES string of the molecule is Cc1ccc(Cl)cc1-n1c(C)cc(C=Nn2c(-c3cc4cc(Br)ccc4o3)nc3ccccc3c2=O)c1C. The number of nitrogens with zero attached hydrogens (tertiary/aromatic N) is 4. The fourth-order valence-electron chi connectivity index (χ4n) is 4.75. The third kappa shape index (κ3) is 4.18. The molecule has 0 saturated heterocycles. The van der Waals surface area contributed by atoms with Crippen LogP contribution in [0.5, 0.6) is 0 Å². The minimum absolute atomic E-state index is 0.275. The Balaban J connectivity index is 1.52. The molecule has 188 valence electrons. The number of rotatable bonds is 4. The van der Waals surface area contributed by atoms with Crippen molar-refractivity contribution in [3.8, 4) is 17.3 Å². The van der Waals surface area contributed by atoms with Gasteiger partial charge in [-0.1, -0.05) is 45.7 Å². The standard InChI is InChI=1S/C30H22BrClN4O2/c1-17-8-10-23(32)15-26(17)35-18(2)12-21(19(35)3)16-33-36-29(34-25-7-5-4-6-24(25)30(36)37)28-14-20-13-22(31)9-11-27(20)38-28/h4-16H,1-3H3. The maximum atomic E-state index is 13.6.